The lowest BCUT2D eigenvalue weighted by Crippen LogP contribution is -2.36. The molecule has 4 heteroatoms. The Balaban J connectivity index is 2.67. The Morgan fingerprint density at radius 3 is 2.29 bits per heavy atom. The zero-order chi connectivity index (χ0) is 13.2. The van der Waals surface area contributed by atoms with Crippen LogP contribution in [0.2, 0.25) is 0 Å². The van der Waals surface area contributed by atoms with E-state index in [1.807, 2.05) is 11.7 Å². The summed E-state index contributed by atoms with van der Waals surface area (Å²) in [7, 11) is 6.22. The predicted octanol–water partition coefficient (Wildman–Crippen LogP) is 1.64. The fourth-order valence-electron chi connectivity index (χ4n) is 2.05. The minimum absolute atomic E-state index is 0.353. The van der Waals surface area contributed by atoms with Gasteiger partial charge in [-0.3, -0.25) is 4.68 Å². The summed E-state index contributed by atoms with van der Waals surface area (Å²) in [5.41, 5.74) is 3.71. The van der Waals surface area contributed by atoms with Gasteiger partial charge >= 0.3 is 0 Å². The van der Waals surface area contributed by atoms with Gasteiger partial charge in [-0.1, -0.05) is 0 Å². The van der Waals surface area contributed by atoms with Gasteiger partial charge in [0.05, 0.1) is 5.69 Å². The van der Waals surface area contributed by atoms with Crippen molar-refractivity contribution in [3.8, 4) is 0 Å². The van der Waals surface area contributed by atoms with E-state index < -0.39 is 0 Å². The summed E-state index contributed by atoms with van der Waals surface area (Å²) in [5, 5.41) is 8.04. The molecule has 1 aromatic rings. The van der Waals surface area contributed by atoms with Gasteiger partial charge in [0.1, 0.15) is 0 Å². The second-order valence-corrected chi connectivity index (χ2v) is 5.15. The first-order valence-corrected chi connectivity index (χ1v) is 6.24. The number of nitrogens with zero attached hydrogens (tertiary/aromatic N) is 3. The topological polar surface area (TPSA) is 33.1 Å². The van der Waals surface area contributed by atoms with Gasteiger partial charge in [-0.05, 0) is 41.8 Å². The van der Waals surface area contributed by atoms with Crippen LogP contribution in [0, 0.1) is 13.8 Å². The van der Waals surface area contributed by atoms with Gasteiger partial charge < -0.3 is 10.2 Å². The van der Waals surface area contributed by atoms with Crippen molar-refractivity contribution >= 4 is 0 Å². The van der Waals surface area contributed by atoms with E-state index in [9.17, 15) is 0 Å². The summed E-state index contributed by atoms with van der Waals surface area (Å²) in [4.78, 5) is 2.22. The molecule has 0 bridgehead atoms. The highest BCUT2D eigenvalue weighted by atomic mass is 15.3. The van der Waals surface area contributed by atoms with Crippen LogP contribution in [-0.2, 0) is 7.05 Å². The molecule has 0 aliphatic rings. The van der Waals surface area contributed by atoms with Crippen LogP contribution in [0.1, 0.15) is 36.8 Å². The van der Waals surface area contributed by atoms with E-state index >= 15 is 0 Å². The van der Waals surface area contributed by atoms with Crippen LogP contribution in [-0.4, -0.2) is 41.4 Å². The third-order valence-corrected chi connectivity index (χ3v) is 3.60. The number of likely N-dealkylation sites (N-methyl/N-ethyl adjacent to an activating group) is 1. The normalized spacial score (nSPS) is 15.3. The summed E-state index contributed by atoms with van der Waals surface area (Å²) in [6.45, 7) is 9.63. The molecule has 1 aromatic heterocycles. The Morgan fingerprint density at radius 1 is 1.29 bits per heavy atom. The molecular weight excluding hydrogens is 212 g/mol. The lowest BCUT2D eigenvalue weighted by Gasteiger charge is -2.23. The molecule has 0 aliphatic heterocycles. The zero-order valence-corrected chi connectivity index (χ0v) is 12.2. The van der Waals surface area contributed by atoms with Gasteiger partial charge in [-0.2, -0.15) is 5.10 Å². The van der Waals surface area contributed by atoms with E-state index in [0.29, 0.717) is 12.1 Å². The van der Waals surface area contributed by atoms with E-state index in [2.05, 4.69) is 57.1 Å². The number of aromatic nitrogens is 2. The summed E-state index contributed by atoms with van der Waals surface area (Å²) in [6, 6.07) is 0.890. The Kier molecular flexibility index (Phi) is 4.71. The van der Waals surface area contributed by atoms with E-state index in [1.54, 1.807) is 0 Å². The molecule has 0 fully saturated rings. The molecule has 0 amide bonds. The quantitative estimate of drug-likeness (QED) is 0.846. The van der Waals surface area contributed by atoms with E-state index in [0.717, 1.165) is 12.2 Å². The second-order valence-electron chi connectivity index (χ2n) is 5.15. The predicted molar refractivity (Wildman–Crippen MR) is 72.2 cm³/mol. The molecule has 17 heavy (non-hydrogen) atoms. The van der Waals surface area contributed by atoms with Gasteiger partial charge in [0, 0.05) is 36.9 Å². The Hall–Kier alpha value is -0.870. The molecule has 0 aromatic carbocycles. The van der Waals surface area contributed by atoms with Crippen LogP contribution < -0.4 is 5.32 Å². The van der Waals surface area contributed by atoms with Gasteiger partial charge in [-0.15, -0.1) is 0 Å². The molecule has 4 nitrogen and oxygen atoms in total. The number of hydrogen-bond donors (Lipinski definition) is 1. The number of nitrogens with one attached hydrogen (secondary N) is 1. The van der Waals surface area contributed by atoms with Crippen LogP contribution >= 0.6 is 0 Å². The summed E-state index contributed by atoms with van der Waals surface area (Å²) >= 11 is 0. The number of aryl methyl sites for hydroxylation is 2. The Morgan fingerprint density at radius 2 is 1.88 bits per heavy atom. The van der Waals surface area contributed by atoms with Gasteiger partial charge in [0.25, 0.3) is 0 Å². The van der Waals surface area contributed by atoms with Gasteiger partial charge in [0.2, 0.25) is 0 Å². The minimum Gasteiger partial charge on any atom is -0.309 e. The molecule has 1 rings (SSSR count). The van der Waals surface area contributed by atoms with Gasteiger partial charge in [-0.25, -0.2) is 0 Å². The van der Waals surface area contributed by atoms with Crippen LogP contribution in [0.3, 0.4) is 0 Å². The second kappa shape index (κ2) is 5.65. The van der Waals surface area contributed by atoms with Crippen LogP contribution in [0.4, 0.5) is 0 Å². The summed E-state index contributed by atoms with van der Waals surface area (Å²) in [5.74, 6) is 0. The van der Waals surface area contributed by atoms with Crippen LogP contribution in [0.25, 0.3) is 0 Å². The smallest absolute Gasteiger partial charge is 0.0644 e. The molecule has 0 radical (unpaired) electrons. The highest BCUT2D eigenvalue weighted by molar-refractivity contribution is 5.27. The maximum Gasteiger partial charge on any atom is 0.0644 e. The molecule has 0 saturated heterocycles. The van der Waals surface area contributed by atoms with Crippen molar-refractivity contribution in [1.29, 1.82) is 0 Å². The van der Waals surface area contributed by atoms with Crippen LogP contribution in [0.15, 0.2) is 0 Å². The van der Waals surface area contributed by atoms with Crippen molar-refractivity contribution in [2.75, 3.05) is 20.6 Å². The number of hydrogen-bond acceptors (Lipinski definition) is 3. The fraction of sp³-hybridized carbons (Fsp3) is 0.769. The molecule has 0 spiro atoms. The monoisotopic (exact) mass is 238 g/mol. The maximum atomic E-state index is 4.46. The highest BCUT2D eigenvalue weighted by Gasteiger charge is 2.16. The molecule has 2 atom stereocenters. The molecule has 1 N–H and O–H groups in total. The lowest BCUT2D eigenvalue weighted by molar-refractivity contribution is 0.295. The van der Waals surface area contributed by atoms with Crippen molar-refractivity contribution < 1.29 is 0 Å². The first-order valence-electron chi connectivity index (χ1n) is 6.24. The Labute approximate surface area is 105 Å². The lowest BCUT2D eigenvalue weighted by atomic mass is 10.1. The highest BCUT2D eigenvalue weighted by Crippen LogP contribution is 2.20. The minimum atomic E-state index is 0.353. The van der Waals surface area contributed by atoms with E-state index in [-0.39, 0.29) is 0 Å². The molecule has 2 unspecified atom stereocenters. The van der Waals surface area contributed by atoms with Crippen LogP contribution in [0.5, 0.6) is 0 Å². The molecule has 0 aliphatic carbocycles. The van der Waals surface area contributed by atoms with Crippen molar-refractivity contribution in [3.63, 3.8) is 0 Å². The third kappa shape index (κ3) is 3.30. The van der Waals surface area contributed by atoms with Crippen molar-refractivity contribution in [2.45, 2.75) is 39.8 Å². The maximum absolute atomic E-state index is 4.46. The third-order valence-electron chi connectivity index (χ3n) is 3.60. The standard InChI is InChI=1S/C13H26N4/c1-9(16(5)6)8-14-10(2)13-11(3)15-17(7)12(13)4/h9-10,14H,8H2,1-7H3. The largest absolute Gasteiger partial charge is 0.309 e. The van der Waals surface area contributed by atoms with Crippen molar-refractivity contribution in [1.82, 2.24) is 20.0 Å². The Bertz CT molecular complexity index is 368. The molecule has 98 valence electrons. The number of rotatable bonds is 5. The molecule has 0 saturated carbocycles. The average molecular weight is 238 g/mol. The zero-order valence-electron chi connectivity index (χ0n) is 12.2. The average Bonchev–Trinajstić information content (AvgIpc) is 2.49. The molecule has 1 heterocycles. The summed E-state index contributed by atoms with van der Waals surface area (Å²) in [6.07, 6.45) is 0. The SMILES string of the molecule is Cc1nn(C)c(C)c1C(C)NCC(C)N(C)C. The van der Waals surface area contributed by atoms with Crippen molar-refractivity contribution in [2.24, 2.45) is 7.05 Å². The molecular formula is C13H26N4. The first kappa shape index (κ1) is 14.2. The summed E-state index contributed by atoms with van der Waals surface area (Å²) < 4.78 is 1.96. The fourth-order valence-corrected chi connectivity index (χ4v) is 2.05. The van der Waals surface area contributed by atoms with Gasteiger partial charge in [0.15, 0.2) is 0 Å². The van der Waals surface area contributed by atoms with E-state index in [1.165, 1.54) is 11.3 Å². The first-order chi connectivity index (χ1) is 7.84. The van der Waals surface area contributed by atoms with E-state index in [4.69, 9.17) is 0 Å². The van der Waals surface area contributed by atoms with Crippen molar-refractivity contribution in [3.05, 3.63) is 17.0 Å².